The Kier molecular flexibility index (Phi) is 4.59. The van der Waals surface area contributed by atoms with Gasteiger partial charge in [-0.2, -0.15) is 15.2 Å². The summed E-state index contributed by atoms with van der Waals surface area (Å²) in [5.41, 5.74) is 6.94. The average Bonchev–Trinajstić information content (AvgIpc) is 3.23. The molecular formula is C15H18N8O2. The number of hydrogen-bond donors (Lipinski definition) is 2. The highest BCUT2D eigenvalue weighted by atomic mass is 16.5. The third-order valence-corrected chi connectivity index (χ3v) is 3.45. The molecule has 0 aromatic carbocycles. The number of hydrogen-bond acceptors (Lipinski definition) is 7. The van der Waals surface area contributed by atoms with Crippen molar-refractivity contribution in [3.8, 4) is 17.1 Å². The number of nitrogens with zero attached hydrogens (tertiary/aromatic N) is 6. The second kappa shape index (κ2) is 6.99. The van der Waals surface area contributed by atoms with Gasteiger partial charge in [-0.15, -0.1) is 0 Å². The fourth-order valence-electron chi connectivity index (χ4n) is 2.30. The molecule has 0 aliphatic carbocycles. The Morgan fingerprint density at radius 1 is 1.36 bits per heavy atom. The first-order valence-electron chi connectivity index (χ1n) is 7.62. The lowest BCUT2D eigenvalue weighted by Crippen LogP contribution is -2.21. The number of carbonyl (C=O) groups is 1. The summed E-state index contributed by atoms with van der Waals surface area (Å²) in [6.45, 7) is 2.68. The third kappa shape index (κ3) is 3.74. The molecule has 1 amide bonds. The predicted molar refractivity (Wildman–Crippen MR) is 90.7 cm³/mol. The Hall–Kier alpha value is -3.43. The van der Waals surface area contributed by atoms with E-state index in [0.29, 0.717) is 29.5 Å². The quantitative estimate of drug-likeness (QED) is 0.678. The lowest BCUT2D eigenvalue weighted by Gasteiger charge is -2.07. The van der Waals surface area contributed by atoms with Crippen LogP contribution in [-0.2, 0) is 17.9 Å². The van der Waals surface area contributed by atoms with Crippen LogP contribution in [0.25, 0.3) is 11.3 Å². The van der Waals surface area contributed by atoms with Crippen molar-refractivity contribution >= 4 is 17.7 Å². The van der Waals surface area contributed by atoms with Crippen LogP contribution >= 0.6 is 0 Å². The average molecular weight is 342 g/mol. The number of rotatable bonds is 6. The van der Waals surface area contributed by atoms with Crippen molar-refractivity contribution in [1.82, 2.24) is 29.5 Å². The summed E-state index contributed by atoms with van der Waals surface area (Å²) in [6, 6.07) is 3.39. The van der Waals surface area contributed by atoms with Gasteiger partial charge in [0.15, 0.2) is 0 Å². The minimum Gasteiger partial charge on any atom is -0.481 e. The van der Waals surface area contributed by atoms with Crippen LogP contribution in [0.4, 0.5) is 11.8 Å². The highest BCUT2D eigenvalue weighted by Crippen LogP contribution is 2.21. The summed E-state index contributed by atoms with van der Waals surface area (Å²) in [4.78, 5) is 20.3. The van der Waals surface area contributed by atoms with Gasteiger partial charge in [-0.1, -0.05) is 0 Å². The molecule has 0 atom stereocenters. The molecule has 25 heavy (non-hydrogen) atoms. The van der Waals surface area contributed by atoms with Gasteiger partial charge in [-0.05, 0) is 6.92 Å². The van der Waals surface area contributed by atoms with Crippen LogP contribution in [-0.4, -0.2) is 42.5 Å². The van der Waals surface area contributed by atoms with Crippen LogP contribution in [0.3, 0.4) is 0 Å². The number of amides is 1. The van der Waals surface area contributed by atoms with E-state index in [9.17, 15) is 4.79 Å². The van der Waals surface area contributed by atoms with E-state index in [-0.39, 0.29) is 18.4 Å². The van der Waals surface area contributed by atoms with Crippen molar-refractivity contribution in [2.45, 2.75) is 20.0 Å². The topological polar surface area (TPSA) is 126 Å². The van der Waals surface area contributed by atoms with Gasteiger partial charge < -0.3 is 15.8 Å². The molecule has 0 radical (unpaired) electrons. The lowest BCUT2D eigenvalue weighted by molar-refractivity contribution is -0.116. The normalized spacial score (nSPS) is 10.6. The molecule has 0 unspecified atom stereocenters. The molecule has 3 N–H and O–H groups in total. The fourth-order valence-corrected chi connectivity index (χ4v) is 2.30. The van der Waals surface area contributed by atoms with Gasteiger partial charge in [0.1, 0.15) is 12.4 Å². The number of nitrogens with one attached hydrogen (secondary N) is 1. The summed E-state index contributed by atoms with van der Waals surface area (Å²) in [5.74, 6) is 0.909. The number of aryl methyl sites for hydroxylation is 1. The molecule has 3 rings (SSSR count). The zero-order valence-electron chi connectivity index (χ0n) is 13.9. The summed E-state index contributed by atoms with van der Waals surface area (Å²) in [5, 5.41) is 11.1. The first-order chi connectivity index (χ1) is 12.1. The Labute approximate surface area is 143 Å². The van der Waals surface area contributed by atoms with Crippen molar-refractivity contribution in [3.05, 3.63) is 30.7 Å². The fraction of sp³-hybridized carbons (Fsp3) is 0.267. The van der Waals surface area contributed by atoms with Crippen molar-refractivity contribution in [3.63, 3.8) is 0 Å². The number of ether oxygens (including phenoxy) is 1. The number of nitrogen functional groups attached to an aromatic ring is 1. The molecule has 3 aromatic heterocycles. The van der Waals surface area contributed by atoms with E-state index in [1.54, 1.807) is 35.4 Å². The van der Waals surface area contributed by atoms with E-state index in [1.807, 2.05) is 6.92 Å². The van der Waals surface area contributed by atoms with E-state index in [0.717, 1.165) is 0 Å². The van der Waals surface area contributed by atoms with E-state index in [2.05, 4.69) is 25.5 Å². The number of carbonyl (C=O) groups excluding carboxylic acids is 1. The van der Waals surface area contributed by atoms with Crippen molar-refractivity contribution in [2.24, 2.45) is 0 Å². The molecular weight excluding hydrogens is 324 g/mol. The van der Waals surface area contributed by atoms with Crippen molar-refractivity contribution < 1.29 is 9.53 Å². The predicted octanol–water partition coefficient (Wildman–Crippen LogP) is 0.786. The second-order valence-corrected chi connectivity index (χ2v) is 5.16. The summed E-state index contributed by atoms with van der Waals surface area (Å²) < 4.78 is 8.29. The molecule has 0 aliphatic heterocycles. The number of anilines is 2. The van der Waals surface area contributed by atoms with Crippen LogP contribution in [0.5, 0.6) is 5.88 Å². The van der Waals surface area contributed by atoms with Gasteiger partial charge in [0.2, 0.25) is 17.7 Å². The molecule has 0 spiro atoms. The van der Waals surface area contributed by atoms with Crippen LogP contribution in [0.2, 0.25) is 0 Å². The van der Waals surface area contributed by atoms with E-state index in [4.69, 9.17) is 10.5 Å². The molecule has 0 saturated carbocycles. The molecule has 10 heteroatoms. The summed E-state index contributed by atoms with van der Waals surface area (Å²) in [6.07, 6.45) is 4.95. The molecule has 0 aliphatic rings. The van der Waals surface area contributed by atoms with Gasteiger partial charge in [-0.3, -0.25) is 9.48 Å². The first kappa shape index (κ1) is 16.4. The largest absolute Gasteiger partial charge is 0.481 e. The number of methoxy groups -OCH3 is 1. The SMILES string of the molecule is CCn1nccc1NC(=O)Cn1cc(-c2cc(OC)nc(N)n2)cn1. The maximum atomic E-state index is 12.2. The van der Waals surface area contributed by atoms with Gasteiger partial charge >= 0.3 is 0 Å². The van der Waals surface area contributed by atoms with Gasteiger partial charge in [-0.25, -0.2) is 9.67 Å². The number of aromatic nitrogens is 6. The zero-order chi connectivity index (χ0) is 17.8. The molecule has 0 bridgehead atoms. The van der Waals surface area contributed by atoms with Crippen LogP contribution in [0.1, 0.15) is 6.92 Å². The van der Waals surface area contributed by atoms with Crippen LogP contribution < -0.4 is 15.8 Å². The van der Waals surface area contributed by atoms with Crippen molar-refractivity contribution in [2.75, 3.05) is 18.2 Å². The Morgan fingerprint density at radius 2 is 2.20 bits per heavy atom. The van der Waals surface area contributed by atoms with Gasteiger partial charge in [0.25, 0.3) is 0 Å². The standard InChI is InChI=1S/C15H18N8O2/c1-3-23-12(4-5-17-23)20-13(24)9-22-8-10(7-18-22)11-6-14(25-2)21-15(16)19-11/h4-8H,3,9H2,1-2H3,(H,20,24)(H2,16,19,21). The molecule has 3 heterocycles. The third-order valence-electron chi connectivity index (χ3n) is 3.45. The highest BCUT2D eigenvalue weighted by Gasteiger charge is 2.11. The molecule has 0 fully saturated rings. The van der Waals surface area contributed by atoms with E-state index < -0.39 is 0 Å². The van der Waals surface area contributed by atoms with Gasteiger partial charge in [0, 0.05) is 30.4 Å². The molecule has 0 saturated heterocycles. The summed E-state index contributed by atoms with van der Waals surface area (Å²) >= 11 is 0. The minimum atomic E-state index is -0.204. The Bertz CT molecular complexity index is 885. The Morgan fingerprint density at radius 3 is 2.96 bits per heavy atom. The lowest BCUT2D eigenvalue weighted by atomic mass is 10.2. The zero-order valence-corrected chi connectivity index (χ0v) is 13.9. The maximum Gasteiger partial charge on any atom is 0.247 e. The summed E-state index contributed by atoms with van der Waals surface area (Å²) in [7, 11) is 1.50. The molecule has 3 aromatic rings. The van der Waals surface area contributed by atoms with Crippen molar-refractivity contribution in [1.29, 1.82) is 0 Å². The van der Waals surface area contributed by atoms with E-state index in [1.165, 1.54) is 11.8 Å². The molecule has 130 valence electrons. The van der Waals surface area contributed by atoms with Crippen LogP contribution in [0.15, 0.2) is 30.7 Å². The highest BCUT2D eigenvalue weighted by molar-refractivity contribution is 5.89. The molecule has 10 nitrogen and oxygen atoms in total. The second-order valence-electron chi connectivity index (χ2n) is 5.16. The first-order valence-corrected chi connectivity index (χ1v) is 7.62. The number of nitrogens with two attached hydrogens (primary N) is 1. The smallest absolute Gasteiger partial charge is 0.247 e. The minimum absolute atomic E-state index is 0.0621. The monoisotopic (exact) mass is 342 g/mol. The van der Waals surface area contributed by atoms with Gasteiger partial charge in [0.05, 0.1) is 25.2 Å². The van der Waals surface area contributed by atoms with E-state index >= 15 is 0 Å². The maximum absolute atomic E-state index is 12.2. The Balaban J connectivity index is 1.71. The van der Waals surface area contributed by atoms with Crippen LogP contribution in [0, 0.1) is 0 Å².